The van der Waals surface area contributed by atoms with Gasteiger partial charge in [-0.3, -0.25) is 9.59 Å². The second-order valence-corrected chi connectivity index (χ2v) is 9.49. The molecule has 1 unspecified atom stereocenters. The van der Waals surface area contributed by atoms with Gasteiger partial charge in [0, 0.05) is 29.9 Å². The Kier molecular flexibility index (Phi) is 10.8. The molecule has 0 spiro atoms. The molecule has 2 aromatic carbocycles. The standard InChI is InChI=1S/C29H40N2O4/c1-2-3-4-5-6-7-8-9-13-21(32)20-30-18-12-19-31-24-16-17-25(33)27-26(24)28(34)22-14-10-11-15-23(22)29(27)35/h10-11,14-17,21,30-33H,2-9,12-13,18-20H2,1H3. The molecule has 6 heteroatoms. The topological polar surface area (TPSA) is 98.7 Å². The van der Waals surface area contributed by atoms with E-state index >= 15 is 0 Å². The molecule has 0 amide bonds. The van der Waals surface area contributed by atoms with E-state index in [4.69, 9.17) is 0 Å². The molecule has 1 atom stereocenters. The zero-order chi connectivity index (χ0) is 25.0. The van der Waals surface area contributed by atoms with Gasteiger partial charge in [-0.2, -0.15) is 0 Å². The third-order valence-electron chi connectivity index (χ3n) is 6.67. The van der Waals surface area contributed by atoms with E-state index in [1.54, 1.807) is 30.3 Å². The molecule has 0 bridgehead atoms. The van der Waals surface area contributed by atoms with Crippen molar-refractivity contribution in [2.45, 2.75) is 77.2 Å². The number of benzene rings is 2. The maximum Gasteiger partial charge on any atom is 0.198 e. The van der Waals surface area contributed by atoms with Crippen LogP contribution in [0.3, 0.4) is 0 Å². The van der Waals surface area contributed by atoms with Crippen LogP contribution in [0.2, 0.25) is 0 Å². The second-order valence-electron chi connectivity index (χ2n) is 9.49. The maximum absolute atomic E-state index is 13.1. The number of aromatic hydroxyl groups is 1. The van der Waals surface area contributed by atoms with Gasteiger partial charge in [0.2, 0.25) is 0 Å². The zero-order valence-corrected chi connectivity index (χ0v) is 20.9. The molecule has 1 aliphatic rings. The van der Waals surface area contributed by atoms with Crippen LogP contribution in [0.1, 0.15) is 103 Å². The minimum Gasteiger partial charge on any atom is -0.507 e. The summed E-state index contributed by atoms with van der Waals surface area (Å²) < 4.78 is 0. The van der Waals surface area contributed by atoms with E-state index < -0.39 is 0 Å². The summed E-state index contributed by atoms with van der Waals surface area (Å²) in [5, 5.41) is 27.0. The van der Waals surface area contributed by atoms with Crippen LogP contribution in [0.4, 0.5) is 5.69 Å². The molecule has 0 radical (unpaired) electrons. The summed E-state index contributed by atoms with van der Waals surface area (Å²) in [7, 11) is 0. The molecule has 0 saturated carbocycles. The van der Waals surface area contributed by atoms with Crippen molar-refractivity contribution in [2.75, 3.05) is 25.0 Å². The fraction of sp³-hybridized carbons (Fsp3) is 0.517. The second kappa shape index (κ2) is 14.0. The molecule has 0 saturated heterocycles. The van der Waals surface area contributed by atoms with Crippen molar-refractivity contribution in [2.24, 2.45) is 0 Å². The van der Waals surface area contributed by atoms with Crippen molar-refractivity contribution < 1.29 is 19.8 Å². The number of carbonyl (C=O) groups is 2. The van der Waals surface area contributed by atoms with E-state index in [0.717, 1.165) is 25.8 Å². The van der Waals surface area contributed by atoms with Gasteiger partial charge in [0.15, 0.2) is 11.6 Å². The first-order valence-electron chi connectivity index (χ1n) is 13.2. The molecule has 1 aliphatic carbocycles. The lowest BCUT2D eigenvalue weighted by atomic mass is 9.82. The van der Waals surface area contributed by atoms with Crippen LogP contribution >= 0.6 is 0 Å². The predicted molar refractivity (Wildman–Crippen MR) is 141 cm³/mol. The van der Waals surface area contributed by atoms with Crippen LogP contribution in [0, 0.1) is 0 Å². The third kappa shape index (κ3) is 7.39. The van der Waals surface area contributed by atoms with Crippen molar-refractivity contribution in [3.63, 3.8) is 0 Å². The van der Waals surface area contributed by atoms with E-state index in [-0.39, 0.29) is 34.5 Å². The monoisotopic (exact) mass is 480 g/mol. The van der Waals surface area contributed by atoms with Gasteiger partial charge in [-0.15, -0.1) is 0 Å². The molecule has 6 nitrogen and oxygen atoms in total. The number of phenolic OH excluding ortho intramolecular Hbond substituents is 1. The van der Waals surface area contributed by atoms with Crippen LogP contribution in [0.5, 0.6) is 5.75 Å². The molecule has 0 aliphatic heterocycles. The lowest BCUT2D eigenvalue weighted by Gasteiger charge is -2.21. The Balaban J connectivity index is 1.37. The van der Waals surface area contributed by atoms with Gasteiger partial charge < -0.3 is 20.8 Å². The molecule has 0 fully saturated rings. The molecule has 2 aromatic rings. The Morgan fingerprint density at radius 1 is 0.771 bits per heavy atom. The van der Waals surface area contributed by atoms with Crippen molar-refractivity contribution in [3.05, 3.63) is 58.7 Å². The highest BCUT2D eigenvalue weighted by Gasteiger charge is 2.33. The Morgan fingerprint density at radius 3 is 2.09 bits per heavy atom. The molecule has 4 N–H and O–H groups in total. The predicted octanol–water partition coefficient (Wildman–Crippen LogP) is 5.45. The van der Waals surface area contributed by atoms with Gasteiger partial charge >= 0.3 is 0 Å². The summed E-state index contributed by atoms with van der Waals surface area (Å²) in [6.45, 7) is 4.15. The molecule has 35 heavy (non-hydrogen) atoms. The van der Waals surface area contributed by atoms with E-state index in [2.05, 4.69) is 17.6 Å². The average Bonchev–Trinajstić information content (AvgIpc) is 2.86. The number of anilines is 1. The number of hydrogen-bond acceptors (Lipinski definition) is 6. The van der Waals surface area contributed by atoms with Crippen LogP contribution in [-0.4, -0.2) is 47.5 Å². The first kappa shape index (κ1) is 26.9. The maximum atomic E-state index is 13.1. The van der Waals surface area contributed by atoms with Gasteiger partial charge in [-0.25, -0.2) is 0 Å². The van der Waals surface area contributed by atoms with Gasteiger partial charge in [0.25, 0.3) is 0 Å². The van der Waals surface area contributed by atoms with Gasteiger partial charge in [-0.05, 0) is 31.5 Å². The van der Waals surface area contributed by atoms with Crippen molar-refractivity contribution in [1.29, 1.82) is 0 Å². The van der Waals surface area contributed by atoms with Crippen molar-refractivity contribution >= 4 is 17.3 Å². The minimum absolute atomic E-state index is 0.0703. The summed E-state index contributed by atoms with van der Waals surface area (Å²) in [4.78, 5) is 26.0. The third-order valence-corrected chi connectivity index (χ3v) is 6.67. The Hall–Kier alpha value is -2.70. The molecular formula is C29H40N2O4. The lowest BCUT2D eigenvalue weighted by molar-refractivity contribution is 0.0977. The van der Waals surface area contributed by atoms with Crippen LogP contribution in [0.15, 0.2) is 36.4 Å². The van der Waals surface area contributed by atoms with E-state index in [1.165, 1.54) is 51.0 Å². The number of rotatable bonds is 16. The quantitative estimate of drug-likeness (QED) is 0.161. The normalized spacial score (nSPS) is 13.4. The van der Waals surface area contributed by atoms with E-state index in [9.17, 15) is 19.8 Å². The van der Waals surface area contributed by atoms with E-state index in [1.807, 2.05) is 0 Å². The Morgan fingerprint density at radius 2 is 1.40 bits per heavy atom. The van der Waals surface area contributed by atoms with Gasteiger partial charge in [-0.1, -0.05) is 82.6 Å². The van der Waals surface area contributed by atoms with Crippen LogP contribution in [-0.2, 0) is 0 Å². The number of fused-ring (bicyclic) bond motifs is 2. The average molecular weight is 481 g/mol. The molecular weight excluding hydrogens is 440 g/mol. The lowest BCUT2D eigenvalue weighted by Crippen LogP contribution is -2.28. The number of hydrogen-bond donors (Lipinski definition) is 4. The van der Waals surface area contributed by atoms with Crippen molar-refractivity contribution in [3.8, 4) is 5.75 Å². The molecule has 0 heterocycles. The first-order chi connectivity index (χ1) is 17.0. The number of aliphatic hydroxyl groups is 1. The first-order valence-corrected chi connectivity index (χ1v) is 13.2. The smallest absolute Gasteiger partial charge is 0.198 e. The van der Waals surface area contributed by atoms with Crippen molar-refractivity contribution in [1.82, 2.24) is 5.32 Å². The van der Waals surface area contributed by atoms with Crippen LogP contribution < -0.4 is 10.6 Å². The van der Waals surface area contributed by atoms with Gasteiger partial charge in [0.1, 0.15) is 5.75 Å². The number of ketones is 2. The Bertz CT molecular complexity index is 989. The van der Waals surface area contributed by atoms with Crippen LogP contribution in [0.25, 0.3) is 0 Å². The highest BCUT2D eigenvalue weighted by atomic mass is 16.3. The minimum atomic E-state index is -0.330. The fourth-order valence-electron chi connectivity index (χ4n) is 4.67. The SMILES string of the molecule is CCCCCCCCCCC(O)CNCCCNc1ccc(O)c2c1C(=O)c1ccccc1C2=O. The number of phenols is 1. The summed E-state index contributed by atoms with van der Waals surface area (Å²) >= 11 is 0. The highest BCUT2D eigenvalue weighted by Crippen LogP contribution is 2.36. The summed E-state index contributed by atoms with van der Waals surface area (Å²) in [6.07, 6.45) is 11.4. The molecule has 0 aromatic heterocycles. The fourth-order valence-corrected chi connectivity index (χ4v) is 4.67. The number of nitrogens with one attached hydrogen (secondary N) is 2. The molecule has 190 valence electrons. The summed E-state index contributed by atoms with van der Waals surface area (Å²) in [5.74, 6) is -0.759. The number of carbonyl (C=O) groups excluding carboxylic acids is 2. The summed E-state index contributed by atoms with van der Waals surface area (Å²) in [5.41, 5.74) is 1.56. The molecule has 3 rings (SSSR count). The number of aliphatic hydroxyl groups excluding tert-OH is 1. The zero-order valence-electron chi connectivity index (χ0n) is 20.9. The highest BCUT2D eigenvalue weighted by molar-refractivity contribution is 6.31. The number of unbranched alkanes of at least 4 members (excludes halogenated alkanes) is 7. The Labute approximate surface area is 209 Å². The largest absolute Gasteiger partial charge is 0.507 e. The van der Waals surface area contributed by atoms with Gasteiger partial charge in [0.05, 0.1) is 17.2 Å². The van der Waals surface area contributed by atoms with E-state index in [0.29, 0.717) is 29.9 Å². The summed E-state index contributed by atoms with van der Waals surface area (Å²) in [6, 6.07) is 9.82.